The Bertz CT molecular complexity index is 673. The summed E-state index contributed by atoms with van der Waals surface area (Å²) in [5.74, 6) is -1.20. The van der Waals surface area contributed by atoms with Crippen LogP contribution in [-0.4, -0.2) is 40.8 Å². The minimum absolute atomic E-state index is 0.0448. The molecule has 0 aliphatic carbocycles. The van der Waals surface area contributed by atoms with Crippen molar-refractivity contribution in [3.05, 3.63) is 54.0 Å². The van der Waals surface area contributed by atoms with E-state index in [1.807, 2.05) is 6.07 Å². The molecule has 1 heterocycles. The molecule has 22 heavy (non-hydrogen) atoms. The van der Waals surface area contributed by atoms with Crippen molar-refractivity contribution in [1.82, 2.24) is 14.9 Å². The third-order valence-electron chi connectivity index (χ3n) is 2.91. The smallest absolute Gasteiger partial charge is 0.361 e. The van der Waals surface area contributed by atoms with Crippen molar-refractivity contribution in [3.63, 3.8) is 0 Å². The molecular weight excluding hydrogens is 284 g/mol. The van der Waals surface area contributed by atoms with Gasteiger partial charge in [0, 0.05) is 32.1 Å². The predicted octanol–water partition coefficient (Wildman–Crippen LogP) is 1.05. The molecule has 0 fully saturated rings. The van der Waals surface area contributed by atoms with Crippen molar-refractivity contribution >= 4 is 17.7 Å². The summed E-state index contributed by atoms with van der Waals surface area (Å²) in [6.07, 6.45) is 1.63. The van der Waals surface area contributed by atoms with Gasteiger partial charge in [-0.1, -0.05) is 30.3 Å². The van der Waals surface area contributed by atoms with Crippen LogP contribution >= 0.6 is 0 Å². The first-order valence-corrected chi connectivity index (χ1v) is 6.54. The number of nitrogen functional groups attached to an aromatic ring is 1. The quantitative estimate of drug-likeness (QED) is 0.847. The lowest BCUT2D eigenvalue weighted by Gasteiger charge is -2.21. The van der Waals surface area contributed by atoms with Crippen LogP contribution in [0.3, 0.4) is 0 Å². The van der Waals surface area contributed by atoms with Crippen LogP contribution < -0.4 is 5.73 Å². The van der Waals surface area contributed by atoms with Gasteiger partial charge >= 0.3 is 5.97 Å². The number of anilines is 1. The van der Waals surface area contributed by atoms with Crippen LogP contribution in [0.15, 0.2) is 42.7 Å². The van der Waals surface area contributed by atoms with Gasteiger partial charge in [0.05, 0.1) is 0 Å². The molecule has 1 atom stereocenters. The highest BCUT2D eigenvalue weighted by Crippen LogP contribution is 2.21. The molecule has 7 heteroatoms. The number of rotatable bonds is 4. The van der Waals surface area contributed by atoms with Gasteiger partial charge in [0.15, 0.2) is 11.5 Å². The van der Waals surface area contributed by atoms with E-state index in [4.69, 9.17) is 10.5 Å². The first-order chi connectivity index (χ1) is 10.5. The molecule has 2 rings (SSSR count). The normalized spacial score (nSPS) is 11.5. The molecular formula is C15H16N4O3. The van der Waals surface area contributed by atoms with Crippen LogP contribution in [0.5, 0.6) is 0 Å². The van der Waals surface area contributed by atoms with Crippen molar-refractivity contribution in [2.24, 2.45) is 0 Å². The van der Waals surface area contributed by atoms with Gasteiger partial charge in [-0.2, -0.15) is 0 Å². The fourth-order valence-electron chi connectivity index (χ4n) is 1.79. The number of benzene rings is 1. The maximum atomic E-state index is 12.3. The second-order valence-electron chi connectivity index (χ2n) is 4.72. The van der Waals surface area contributed by atoms with Crippen molar-refractivity contribution in [2.75, 3.05) is 19.8 Å². The molecule has 0 radical (unpaired) electrons. The Morgan fingerprint density at radius 1 is 1.14 bits per heavy atom. The highest BCUT2D eigenvalue weighted by molar-refractivity contribution is 5.94. The average Bonchev–Trinajstić information content (AvgIpc) is 2.53. The summed E-state index contributed by atoms with van der Waals surface area (Å²) in [6, 6.07) is 8.74. The summed E-state index contributed by atoms with van der Waals surface area (Å²) in [5.41, 5.74) is 6.05. The lowest BCUT2D eigenvalue weighted by Crippen LogP contribution is -2.31. The largest absolute Gasteiger partial charge is 0.442 e. The van der Waals surface area contributed by atoms with Gasteiger partial charge in [-0.05, 0) is 0 Å². The van der Waals surface area contributed by atoms with Crippen LogP contribution in [0.1, 0.15) is 22.2 Å². The van der Waals surface area contributed by atoms with E-state index in [0.717, 1.165) is 0 Å². The molecule has 0 bridgehead atoms. The number of hydrogen-bond acceptors (Lipinski definition) is 6. The van der Waals surface area contributed by atoms with E-state index < -0.39 is 12.1 Å². The van der Waals surface area contributed by atoms with Crippen molar-refractivity contribution in [2.45, 2.75) is 6.10 Å². The van der Waals surface area contributed by atoms with Crippen molar-refractivity contribution < 1.29 is 14.3 Å². The number of carbonyl (C=O) groups is 2. The van der Waals surface area contributed by atoms with Crippen molar-refractivity contribution in [3.8, 4) is 0 Å². The van der Waals surface area contributed by atoms with Crippen LogP contribution in [0.4, 0.5) is 5.82 Å². The highest BCUT2D eigenvalue weighted by Gasteiger charge is 2.28. The summed E-state index contributed by atoms with van der Waals surface area (Å²) < 4.78 is 5.31. The number of aromatic nitrogens is 2. The summed E-state index contributed by atoms with van der Waals surface area (Å²) in [6.45, 7) is 0. The summed E-state index contributed by atoms with van der Waals surface area (Å²) in [4.78, 5) is 33.5. The molecule has 2 aromatic rings. The Morgan fingerprint density at radius 3 is 2.36 bits per heavy atom. The molecule has 7 nitrogen and oxygen atoms in total. The Balaban J connectivity index is 2.29. The van der Waals surface area contributed by atoms with E-state index >= 15 is 0 Å². The number of likely N-dealkylation sites (N-methyl/N-ethyl adjacent to an activating group) is 1. The Kier molecular flexibility index (Phi) is 4.67. The van der Waals surface area contributed by atoms with E-state index in [9.17, 15) is 9.59 Å². The van der Waals surface area contributed by atoms with Gasteiger partial charge in [-0.25, -0.2) is 14.8 Å². The highest BCUT2D eigenvalue weighted by atomic mass is 16.5. The number of ether oxygens (including phenoxy) is 1. The molecule has 0 saturated carbocycles. The number of hydrogen-bond donors (Lipinski definition) is 1. The third kappa shape index (κ3) is 3.38. The van der Waals surface area contributed by atoms with Crippen LogP contribution in [-0.2, 0) is 9.53 Å². The maximum absolute atomic E-state index is 12.3. The lowest BCUT2D eigenvalue weighted by atomic mass is 10.1. The summed E-state index contributed by atoms with van der Waals surface area (Å²) >= 11 is 0. The Labute approximate surface area is 127 Å². The number of esters is 1. The topological polar surface area (TPSA) is 98.4 Å². The standard InChI is InChI=1S/C15H16N4O3/c1-19(2)14(20)12(10-6-4-3-5-7-10)22-15(21)11-13(16)18-9-8-17-11/h3-9,12H,1-2H3,(H2,16,18)/t12-/m0/s1. The Hall–Kier alpha value is -2.96. The minimum Gasteiger partial charge on any atom is -0.442 e. The lowest BCUT2D eigenvalue weighted by molar-refractivity contribution is -0.138. The van der Waals surface area contributed by atoms with Crippen LogP contribution in [0.2, 0.25) is 0 Å². The fourth-order valence-corrected chi connectivity index (χ4v) is 1.79. The number of nitrogens with two attached hydrogens (primary N) is 1. The number of carbonyl (C=O) groups excluding carboxylic acids is 2. The van der Waals surface area contributed by atoms with Gasteiger partial charge in [-0.3, -0.25) is 4.79 Å². The van der Waals surface area contributed by atoms with Crippen molar-refractivity contribution in [1.29, 1.82) is 0 Å². The maximum Gasteiger partial charge on any atom is 0.361 e. The Morgan fingerprint density at radius 2 is 1.77 bits per heavy atom. The SMILES string of the molecule is CN(C)C(=O)[C@@H](OC(=O)c1nccnc1N)c1ccccc1. The molecule has 0 spiro atoms. The summed E-state index contributed by atoms with van der Waals surface area (Å²) in [7, 11) is 3.17. The third-order valence-corrected chi connectivity index (χ3v) is 2.91. The zero-order chi connectivity index (χ0) is 16.1. The molecule has 1 aromatic carbocycles. The molecule has 2 N–H and O–H groups in total. The zero-order valence-corrected chi connectivity index (χ0v) is 12.3. The van der Waals surface area contributed by atoms with E-state index in [2.05, 4.69) is 9.97 Å². The molecule has 0 unspecified atom stereocenters. The second kappa shape index (κ2) is 6.66. The number of nitrogens with zero attached hydrogens (tertiary/aromatic N) is 3. The molecule has 0 aliphatic heterocycles. The molecule has 0 aliphatic rings. The fraction of sp³-hybridized carbons (Fsp3) is 0.200. The van der Waals surface area contributed by atoms with Gasteiger partial charge in [0.1, 0.15) is 0 Å². The second-order valence-corrected chi connectivity index (χ2v) is 4.72. The number of amides is 1. The first-order valence-electron chi connectivity index (χ1n) is 6.54. The first kappa shape index (κ1) is 15.4. The average molecular weight is 300 g/mol. The molecule has 114 valence electrons. The monoisotopic (exact) mass is 300 g/mol. The molecule has 0 saturated heterocycles. The van der Waals surface area contributed by atoms with Crippen LogP contribution in [0, 0.1) is 0 Å². The van der Waals surface area contributed by atoms with Gasteiger partial charge in [0.2, 0.25) is 6.10 Å². The van der Waals surface area contributed by atoms with Crippen LogP contribution in [0.25, 0.3) is 0 Å². The van der Waals surface area contributed by atoms with E-state index in [-0.39, 0.29) is 17.4 Å². The molecule has 1 amide bonds. The molecule has 1 aromatic heterocycles. The van der Waals surface area contributed by atoms with E-state index in [0.29, 0.717) is 5.56 Å². The van der Waals surface area contributed by atoms with E-state index in [1.54, 1.807) is 38.4 Å². The summed E-state index contributed by atoms with van der Waals surface area (Å²) in [5, 5.41) is 0. The van der Waals surface area contributed by atoms with Gasteiger partial charge < -0.3 is 15.4 Å². The minimum atomic E-state index is -1.06. The van der Waals surface area contributed by atoms with E-state index in [1.165, 1.54) is 17.3 Å². The zero-order valence-electron chi connectivity index (χ0n) is 12.3. The van der Waals surface area contributed by atoms with Gasteiger partial charge in [-0.15, -0.1) is 0 Å². The van der Waals surface area contributed by atoms with Gasteiger partial charge in [0.25, 0.3) is 5.91 Å². The predicted molar refractivity (Wildman–Crippen MR) is 79.7 cm³/mol.